The van der Waals surface area contributed by atoms with Crippen molar-refractivity contribution in [1.82, 2.24) is 4.57 Å². The van der Waals surface area contributed by atoms with Crippen LogP contribution in [-0.2, 0) is 16.0 Å². The fourth-order valence-electron chi connectivity index (χ4n) is 4.39. The van der Waals surface area contributed by atoms with Crippen molar-refractivity contribution in [3.8, 4) is 5.75 Å². The molecule has 0 spiro atoms. The van der Waals surface area contributed by atoms with Gasteiger partial charge in [0, 0.05) is 17.6 Å². The van der Waals surface area contributed by atoms with Gasteiger partial charge in [0.25, 0.3) is 5.91 Å². The molecule has 0 fully saturated rings. The molecular formula is C23H20N2O5. The first-order chi connectivity index (χ1) is 14.5. The lowest BCUT2D eigenvalue weighted by atomic mass is 10.1. The molecule has 30 heavy (non-hydrogen) atoms. The smallest absolute Gasteiger partial charge is 0.348 e. The molecule has 7 heteroatoms. The molecule has 0 aliphatic carbocycles. The molecule has 0 bridgehead atoms. The van der Waals surface area contributed by atoms with E-state index in [1.54, 1.807) is 36.5 Å². The van der Waals surface area contributed by atoms with Crippen molar-refractivity contribution in [2.24, 2.45) is 0 Å². The van der Waals surface area contributed by atoms with Crippen molar-refractivity contribution in [3.63, 3.8) is 0 Å². The fraction of sp³-hybridized carbons (Fsp3) is 0.261. The standard InChI is InChI=1S/C23H20N2O5/c1-13-10-14-6-5-7-15-20(14)24(13)11-16(21(15)26)22(27)25-12-19(23(28)29-2)30-18-9-4-3-8-17(18)25/h3-9,11,13,19H,10,12H2,1-2H3. The van der Waals surface area contributed by atoms with Crippen LogP contribution in [0.3, 0.4) is 0 Å². The van der Waals surface area contributed by atoms with E-state index in [1.165, 1.54) is 12.0 Å². The Kier molecular flexibility index (Phi) is 4.13. The molecule has 3 aromatic rings. The second-order valence-corrected chi connectivity index (χ2v) is 7.66. The van der Waals surface area contributed by atoms with Crippen LogP contribution in [0.1, 0.15) is 28.9 Å². The highest BCUT2D eigenvalue weighted by atomic mass is 16.6. The van der Waals surface area contributed by atoms with Gasteiger partial charge in [0.2, 0.25) is 11.5 Å². The summed E-state index contributed by atoms with van der Waals surface area (Å²) in [5, 5.41) is 0.536. The Morgan fingerprint density at radius 3 is 2.73 bits per heavy atom. The second-order valence-electron chi connectivity index (χ2n) is 7.66. The van der Waals surface area contributed by atoms with Crippen LogP contribution in [0, 0.1) is 0 Å². The zero-order valence-corrected chi connectivity index (χ0v) is 16.6. The quantitative estimate of drug-likeness (QED) is 0.614. The lowest BCUT2D eigenvalue weighted by molar-refractivity contribution is -0.148. The number of nitrogens with zero attached hydrogens (tertiary/aromatic N) is 2. The van der Waals surface area contributed by atoms with Gasteiger partial charge in [-0.1, -0.05) is 24.3 Å². The Morgan fingerprint density at radius 2 is 1.93 bits per heavy atom. The Hall–Kier alpha value is -3.61. The molecule has 0 saturated carbocycles. The van der Waals surface area contributed by atoms with Crippen LogP contribution in [0.25, 0.3) is 10.9 Å². The molecule has 2 atom stereocenters. The zero-order chi connectivity index (χ0) is 21.0. The van der Waals surface area contributed by atoms with E-state index < -0.39 is 18.0 Å². The number of aromatic nitrogens is 1. The predicted octanol–water partition coefficient (Wildman–Crippen LogP) is 2.70. The lowest BCUT2D eigenvalue weighted by Crippen LogP contribution is -2.48. The number of esters is 1. The van der Waals surface area contributed by atoms with Crippen LogP contribution in [0.15, 0.2) is 53.5 Å². The molecule has 0 radical (unpaired) electrons. The number of para-hydroxylation sites is 3. The van der Waals surface area contributed by atoms with Crippen LogP contribution < -0.4 is 15.1 Å². The van der Waals surface area contributed by atoms with Gasteiger partial charge in [0.1, 0.15) is 11.3 Å². The summed E-state index contributed by atoms with van der Waals surface area (Å²) >= 11 is 0. The number of benzene rings is 2. The molecule has 7 nitrogen and oxygen atoms in total. The molecule has 1 aromatic heterocycles. The number of carbonyl (C=O) groups is 2. The monoisotopic (exact) mass is 404 g/mol. The van der Waals surface area contributed by atoms with E-state index in [9.17, 15) is 14.4 Å². The van der Waals surface area contributed by atoms with Crippen LogP contribution >= 0.6 is 0 Å². The third-order valence-electron chi connectivity index (χ3n) is 5.84. The summed E-state index contributed by atoms with van der Waals surface area (Å²) in [4.78, 5) is 40.4. The number of ether oxygens (including phenoxy) is 2. The van der Waals surface area contributed by atoms with Gasteiger partial charge in [0.15, 0.2) is 0 Å². The normalized spacial score (nSPS) is 19.3. The molecule has 5 rings (SSSR count). The summed E-state index contributed by atoms with van der Waals surface area (Å²) in [7, 11) is 1.27. The number of fused-ring (bicyclic) bond motifs is 1. The first-order valence-electron chi connectivity index (χ1n) is 9.81. The van der Waals surface area contributed by atoms with Gasteiger partial charge in [-0.25, -0.2) is 4.79 Å². The maximum atomic E-state index is 13.6. The van der Waals surface area contributed by atoms with Gasteiger partial charge < -0.3 is 18.9 Å². The van der Waals surface area contributed by atoms with Crippen LogP contribution in [0.4, 0.5) is 5.69 Å². The van der Waals surface area contributed by atoms with Gasteiger partial charge in [-0.15, -0.1) is 0 Å². The molecule has 2 aromatic carbocycles. The average molecular weight is 404 g/mol. The van der Waals surface area contributed by atoms with Gasteiger partial charge in [-0.2, -0.15) is 0 Å². The Bertz CT molecular complexity index is 1260. The summed E-state index contributed by atoms with van der Waals surface area (Å²) < 4.78 is 12.5. The van der Waals surface area contributed by atoms with E-state index in [4.69, 9.17) is 9.47 Å². The maximum Gasteiger partial charge on any atom is 0.348 e. The molecule has 2 aliphatic rings. The first-order valence-corrected chi connectivity index (χ1v) is 9.81. The minimum Gasteiger partial charge on any atom is -0.475 e. The predicted molar refractivity (Wildman–Crippen MR) is 111 cm³/mol. The SMILES string of the molecule is COC(=O)C1CN(C(=O)c2cn3c4c(cccc4c2=O)CC3C)c2ccccc2O1. The third-order valence-corrected chi connectivity index (χ3v) is 5.84. The van der Waals surface area contributed by atoms with E-state index >= 15 is 0 Å². The molecule has 1 amide bonds. The number of amides is 1. The fourth-order valence-corrected chi connectivity index (χ4v) is 4.39. The second kappa shape index (κ2) is 6.73. The molecule has 0 N–H and O–H groups in total. The third kappa shape index (κ3) is 2.62. The van der Waals surface area contributed by atoms with Gasteiger partial charge in [-0.05, 0) is 37.1 Å². The highest BCUT2D eigenvalue weighted by molar-refractivity contribution is 6.09. The van der Waals surface area contributed by atoms with Crippen molar-refractivity contribution in [2.75, 3.05) is 18.6 Å². The number of carbonyl (C=O) groups excluding carboxylic acids is 2. The van der Waals surface area contributed by atoms with E-state index in [1.807, 2.05) is 16.7 Å². The minimum atomic E-state index is -0.960. The summed E-state index contributed by atoms with van der Waals surface area (Å²) in [6.07, 6.45) is 1.51. The summed E-state index contributed by atoms with van der Waals surface area (Å²) in [5.41, 5.74) is 2.29. The molecular weight excluding hydrogens is 384 g/mol. The van der Waals surface area contributed by atoms with Crippen LogP contribution in [0.5, 0.6) is 5.75 Å². The molecule has 2 unspecified atom stereocenters. The summed E-state index contributed by atoms with van der Waals surface area (Å²) in [6, 6.07) is 12.7. The highest BCUT2D eigenvalue weighted by Crippen LogP contribution is 2.35. The Morgan fingerprint density at radius 1 is 1.13 bits per heavy atom. The van der Waals surface area contributed by atoms with Crippen molar-refractivity contribution in [3.05, 3.63) is 70.0 Å². The van der Waals surface area contributed by atoms with Crippen molar-refractivity contribution in [2.45, 2.75) is 25.5 Å². The average Bonchev–Trinajstić information content (AvgIpc) is 3.10. The van der Waals surface area contributed by atoms with Gasteiger partial charge in [-0.3, -0.25) is 9.59 Å². The Labute approximate surface area is 172 Å². The number of hydrogen-bond acceptors (Lipinski definition) is 5. The minimum absolute atomic E-state index is 0.0322. The largest absolute Gasteiger partial charge is 0.475 e. The number of rotatable bonds is 2. The topological polar surface area (TPSA) is 77.8 Å². The highest BCUT2D eigenvalue weighted by Gasteiger charge is 2.36. The van der Waals surface area contributed by atoms with Crippen molar-refractivity contribution < 1.29 is 19.1 Å². The molecule has 2 aliphatic heterocycles. The number of hydrogen-bond donors (Lipinski definition) is 0. The van der Waals surface area contributed by atoms with Crippen LogP contribution in [0.2, 0.25) is 0 Å². The van der Waals surface area contributed by atoms with E-state index in [-0.39, 0.29) is 23.6 Å². The molecule has 3 heterocycles. The Balaban J connectivity index is 1.65. The maximum absolute atomic E-state index is 13.6. The molecule has 0 saturated heterocycles. The van der Waals surface area contributed by atoms with Crippen molar-refractivity contribution in [1.29, 1.82) is 0 Å². The summed E-state index contributed by atoms with van der Waals surface area (Å²) in [6.45, 7) is 2.03. The van der Waals surface area contributed by atoms with Crippen LogP contribution in [-0.4, -0.2) is 36.2 Å². The van der Waals surface area contributed by atoms with E-state index in [0.29, 0.717) is 16.8 Å². The lowest BCUT2D eigenvalue weighted by Gasteiger charge is -2.33. The van der Waals surface area contributed by atoms with Gasteiger partial charge >= 0.3 is 5.97 Å². The van der Waals surface area contributed by atoms with E-state index in [2.05, 4.69) is 6.92 Å². The number of pyridine rings is 1. The summed E-state index contributed by atoms with van der Waals surface area (Å²) in [5.74, 6) is -0.636. The van der Waals surface area contributed by atoms with Crippen molar-refractivity contribution >= 4 is 28.5 Å². The number of anilines is 1. The molecule has 152 valence electrons. The zero-order valence-electron chi connectivity index (χ0n) is 16.6. The van der Waals surface area contributed by atoms with Gasteiger partial charge in [0.05, 0.1) is 24.9 Å². The van der Waals surface area contributed by atoms with E-state index in [0.717, 1.165) is 17.5 Å². The first kappa shape index (κ1) is 18.4. The number of methoxy groups -OCH3 is 1.